The van der Waals surface area contributed by atoms with Gasteiger partial charge in [0.15, 0.2) is 0 Å². The standard InChI is InChI=1S/C15H11ClF3N3S.CH4O/c1-2-23-10-4-3-7-20-12(10)13-14(16)22-8-9(15(17,18)19)5-6-11(22)21-13;1-2/h3-8H,2H2,1H3;2H,1H3. The molecule has 9 heteroatoms. The first-order valence-corrected chi connectivity index (χ1v) is 8.56. The number of rotatable bonds is 3. The molecule has 0 fully saturated rings. The third-order valence-electron chi connectivity index (χ3n) is 3.18. The smallest absolute Gasteiger partial charge is 0.400 e. The lowest BCUT2D eigenvalue weighted by molar-refractivity contribution is -0.137. The maximum Gasteiger partial charge on any atom is 0.417 e. The molecule has 0 saturated carbocycles. The molecular formula is C16H15ClF3N3OS. The number of imidazole rings is 1. The Labute approximate surface area is 151 Å². The van der Waals surface area contributed by atoms with E-state index in [-0.39, 0.29) is 5.15 Å². The summed E-state index contributed by atoms with van der Waals surface area (Å²) in [5.41, 5.74) is 0.514. The van der Waals surface area contributed by atoms with Crippen molar-refractivity contribution in [1.29, 1.82) is 0 Å². The third kappa shape index (κ3) is 4.08. The average Bonchev–Trinajstić information content (AvgIpc) is 2.93. The largest absolute Gasteiger partial charge is 0.417 e. The molecule has 0 aromatic carbocycles. The van der Waals surface area contributed by atoms with Gasteiger partial charge in [0.2, 0.25) is 0 Å². The number of aliphatic hydroxyl groups excluding tert-OH is 1. The summed E-state index contributed by atoms with van der Waals surface area (Å²) < 4.78 is 39.8. The molecule has 0 aliphatic heterocycles. The van der Waals surface area contributed by atoms with Crippen molar-refractivity contribution in [3.8, 4) is 11.4 Å². The number of halogens is 4. The minimum atomic E-state index is -4.43. The van der Waals surface area contributed by atoms with Gasteiger partial charge in [-0.05, 0) is 30.0 Å². The van der Waals surface area contributed by atoms with Crippen molar-refractivity contribution < 1.29 is 18.3 Å². The van der Waals surface area contributed by atoms with Crippen molar-refractivity contribution >= 4 is 29.0 Å². The summed E-state index contributed by atoms with van der Waals surface area (Å²) in [6, 6.07) is 5.97. The van der Waals surface area contributed by atoms with Gasteiger partial charge in [-0.25, -0.2) is 4.98 Å². The number of fused-ring (bicyclic) bond motifs is 1. The van der Waals surface area contributed by atoms with Crippen LogP contribution in [0.2, 0.25) is 5.15 Å². The van der Waals surface area contributed by atoms with Crippen LogP contribution in [0.5, 0.6) is 0 Å². The predicted octanol–water partition coefficient (Wildman–Crippen LogP) is 4.79. The van der Waals surface area contributed by atoms with Crippen molar-refractivity contribution in [2.75, 3.05) is 12.9 Å². The van der Waals surface area contributed by atoms with Gasteiger partial charge < -0.3 is 5.11 Å². The lowest BCUT2D eigenvalue weighted by Gasteiger charge is -2.07. The van der Waals surface area contributed by atoms with Gasteiger partial charge in [-0.1, -0.05) is 18.5 Å². The van der Waals surface area contributed by atoms with Crippen LogP contribution in [0.3, 0.4) is 0 Å². The molecule has 0 atom stereocenters. The zero-order valence-corrected chi connectivity index (χ0v) is 15.0. The molecule has 0 bridgehead atoms. The number of pyridine rings is 2. The molecule has 25 heavy (non-hydrogen) atoms. The van der Waals surface area contributed by atoms with Crippen LogP contribution in [-0.4, -0.2) is 32.3 Å². The second kappa shape index (κ2) is 8.07. The monoisotopic (exact) mass is 389 g/mol. The van der Waals surface area contributed by atoms with E-state index in [9.17, 15) is 13.2 Å². The van der Waals surface area contributed by atoms with Crippen LogP contribution in [0.1, 0.15) is 12.5 Å². The number of thioether (sulfide) groups is 1. The van der Waals surface area contributed by atoms with Gasteiger partial charge in [-0.2, -0.15) is 13.2 Å². The van der Waals surface area contributed by atoms with Crippen molar-refractivity contribution in [3.05, 3.63) is 47.4 Å². The van der Waals surface area contributed by atoms with Crippen LogP contribution in [0.15, 0.2) is 41.6 Å². The average molecular weight is 390 g/mol. The van der Waals surface area contributed by atoms with E-state index in [1.165, 1.54) is 10.5 Å². The first-order valence-electron chi connectivity index (χ1n) is 7.19. The minimum absolute atomic E-state index is 0.114. The SMILES string of the molecule is CCSc1cccnc1-c1nc2ccc(C(F)(F)F)cn2c1Cl.CO. The molecule has 0 saturated heterocycles. The quantitative estimate of drug-likeness (QED) is 0.654. The van der Waals surface area contributed by atoms with E-state index in [1.54, 1.807) is 24.0 Å². The molecular weight excluding hydrogens is 375 g/mol. The highest BCUT2D eigenvalue weighted by molar-refractivity contribution is 7.99. The lowest BCUT2D eigenvalue weighted by Crippen LogP contribution is -2.06. The molecule has 1 N–H and O–H groups in total. The summed E-state index contributed by atoms with van der Waals surface area (Å²) in [5.74, 6) is 0.835. The minimum Gasteiger partial charge on any atom is -0.400 e. The van der Waals surface area contributed by atoms with Crippen LogP contribution >= 0.6 is 23.4 Å². The lowest BCUT2D eigenvalue weighted by atomic mass is 10.3. The van der Waals surface area contributed by atoms with Crippen LogP contribution in [0.4, 0.5) is 13.2 Å². The van der Waals surface area contributed by atoms with E-state index >= 15 is 0 Å². The topological polar surface area (TPSA) is 50.4 Å². The van der Waals surface area contributed by atoms with Crippen molar-refractivity contribution in [2.24, 2.45) is 0 Å². The first-order chi connectivity index (χ1) is 11.9. The normalized spacial score (nSPS) is 11.3. The fourth-order valence-corrected chi connectivity index (χ4v) is 3.21. The highest BCUT2D eigenvalue weighted by Gasteiger charge is 2.31. The molecule has 4 nitrogen and oxygen atoms in total. The zero-order chi connectivity index (χ0) is 18.6. The van der Waals surface area contributed by atoms with Crippen LogP contribution < -0.4 is 0 Å². The van der Waals surface area contributed by atoms with Gasteiger partial charge in [0, 0.05) is 24.4 Å². The number of alkyl halides is 3. The van der Waals surface area contributed by atoms with Gasteiger partial charge in [-0.15, -0.1) is 11.8 Å². The molecule has 3 heterocycles. The van der Waals surface area contributed by atoms with Crippen LogP contribution in [0, 0.1) is 0 Å². The summed E-state index contributed by atoms with van der Waals surface area (Å²) in [6.07, 6.45) is -1.88. The van der Waals surface area contributed by atoms with Gasteiger partial charge in [0.25, 0.3) is 0 Å². The van der Waals surface area contributed by atoms with Crippen LogP contribution in [0.25, 0.3) is 17.0 Å². The highest BCUT2D eigenvalue weighted by Crippen LogP contribution is 2.35. The van der Waals surface area contributed by atoms with E-state index < -0.39 is 11.7 Å². The van der Waals surface area contributed by atoms with Gasteiger partial charge in [-0.3, -0.25) is 9.38 Å². The van der Waals surface area contributed by atoms with Crippen molar-refractivity contribution in [3.63, 3.8) is 0 Å². The molecule has 3 aromatic heterocycles. The molecule has 0 spiro atoms. The van der Waals surface area contributed by atoms with Gasteiger partial charge >= 0.3 is 6.18 Å². The molecule has 0 aliphatic carbocycles. The molecule has 3 aromatic rings. The third-order valence-corrected chi connectivity index (χ3v) is 4.47. The Morgan fingerprint density at radius 3 is 2.56 bits per heavy atom. The second-order valence-corrected chi connectivity index (χ2v) is 6.34. The summed E-state index contributed by atoms with van der Waals surface area (Å²) in [5, 5.41) is 7.11. The van der Waals surface area contributed by atoms with Crippen molar-refractivity contribution in [1.82, 2.24) is 14.4 Å². The fourth-order valence-electron chi connectivity index (χ4n) is 2.17. The Bertz CT molecular complexity index is 867. The van der Waals surface area contributed by atoms with Gasteiger partial charge in [0.05, 0.1) is 5.56 Å². The number of aromatic nitrogens is 3. The van der Waals surface area contributed by atoms with E-state index in [2.05, 4.69) is 9.97 Å². The maximum absolute atomic E-state index is 12.8. The number of hydrogen-bond acceptors (Lipinski definition) is 4. The van der Waals surface area contributed by atoms with E-state index in [0.717, 1.165) is 30.0 Å². The maximum atomic E-state index is 12.8. The molecule has 0 aliphatic rings. The molecule has 0 amide bonds. The Kier molecular flexibility index (Phi) is 6.31. The first kappa shape index (κ1) is 19.6. The van der Waals surface area contributed by atoms with Gasteiger partial charge in [0.1, 0.15) is 22.2 Å². The predicted molar refractivity (Wildman–Crippen MR) is 93.0 cm³/mol. The number of aliphatic hydroxyl groups is 1. The highest BCUT2D eigenvalue weighted by atomic mass is 35.5. The number of nitrogens with zero attached hydrogens (tertiary/aromatic N) is 3. The molecule has 0 radical (unpaired) electrons. The fraction of sp³-hybridized carbons (Fsp3) is 0.250. The molecule has 3 rings (SSSR count). The Morgan fingerprint density at radius 1 is 1.20 bits per heavy atom. The summed E-state index contributed by atoms with van der Waals surface area (Å²) in [7, 11) is 1.00. The van der Waals surface area contributed by atoms with E-state index in [0.29, 0.717) is 17.0 Å². The van der Waals surface area contributed by atoms with Crippen molar-refractivity contribution in [2.45, 2.75) is 18.0 Å². The molecule has 0 unspecified atom stereocenters. The van der Waals surface area contributed by atoms with Crippen LogP contribution in [-0.2, 0) is 6.18 Å². The summed E-state index contributed by atoms with van der Waals surface area (Å²) >= 11 is 7.84. The second-order valence-electron chi connectivity index (χ2n) is 4.68. The van der Waals surface area contributed by atoms with E-state index in [4.69, 9.17) is 16.7 Å². The summed E-state index contributed by atoms with van der Waals surface area (Å²) in [6.45, 7) is 2.00. The van der Waals surface area contributed by atoms with E-state index in [1.807, 2.05) is 13.0 Å². The Balaban J connectivity index is 0.00000109. The summed E-state index contributed by atoms with van der Waals surface area (Å²) in [4.78, 5) is 9.51. The Morgan fingerprint density at radius 2 is 1.92 bits per heavy atom. The number of hydrogen-bond donors (Lipinski definition) is 1. The zero-order valence-electron chi connectivity index (χ0n) is 13.4. The Hall–Kier alpha value is -1.77. The molecule has 134 valence electrons.